The van der Waals surface area contributed by atoms with Crippen molar-refractivity contribution in [1.29, 1.82) is 0 Å². The maximum atomic E-state index is 12.4. The van der Waals surface area contributed by atoms with Gasteiger partial charge in [-0.05, 0) is 57.8 Å². The number of fused-ring (bicyclic) bond motifs is 2. The second kappa shape index (κ2) is 9.62. The molecule has 0 aromatic rings. The Labute approximate surface area is 152 Å². The summed E-state index contributed by atoms with van der Waals surface area (Å²) in [6, 6.07) is 0.649. The van der Waals surface area contributed by atoms with Gasteiger partial charge in [0, 0.05) is 18.5 Å². The van der Waals surface area contributed by atoms with Crippen molar-refractivity contribution in [3.63, 3.8) is 0 Å². The summed E-state index contributed by atoms with van der Waals surface area (Å²) < 4.78 is 5.28. The van der Waals surface area contributed by atoms with E-state index in [0.29, 0.717) is 36.8 Å². The number of ether oxygens (including phenoxy) is 1. The summed E-state index contributed by atoms with van der Waals surface area (Å²) in [6.07, 6.45) is 5.62. The second-order valence-electron chi connectivity index (χ2n) is 7.91. The average molecular weight is 361 g/mol. The van der Waals surface area contributed by atoms with Gasteiger partial charge in [0.05, 0.1) is 6.10 Å². The fourth-order valence-corrected chi connectivity index (χ4v) is 3.86. The minimum Gasteiger partial charge on any atom is -0.461 e. The highest BCUT2D eigenvalue weighted by atomic mass is 35.5. The van der Waals surface area contributed by atoms with Crippen LogP contribution in [0.5, 0.6) is 0 Å². The Morgan fingerprint density at radius 2 is 1.71 bits per heavy atom. The molecule has 0 aromatic carbocycles. The molecule has 2 N–H and O–H groups in total. The van der Waals surface area contributed by atoms with Crippen molar-refractivity contribution in [2.24, 2.45) is 11.8 Å². The Balaban J connectivity index is 0.00000288. The molecule has 2 saturated heterocycles. The zero-order chi connectivity index (χ0) is 17.0. The third kappa shape index (κ3) is 6.60. The highest BCUT2D eigenvalue weighted by molar-refractivity contribution is 5.85. The molecule has 0 radical (unpaired) electrons. The fraction of sp³-hybridized carbons (Fsp3) is 0.889. The van der Waals surface area contributed by atoms with Crippen molar-refractivity contribution in [3.8, 4) is 0 Å². The highest BCUT2D eigenvalue weighted by Gasteiger charge is 2.34. The van der Waals surface area contributed by atoms with Crippen LogP contribution in [-0.2, 0) is 14.3 Å². The number of esters is 1. The summed E-state index contributed by atoms with van der Waals surface area (Å²) in [5.74, 6) is 0.444. The smallest absolute Gasteiger partial charge is 0.328 e. The molecule has 2 aliphatic heterocycles. The molecule has 2 unspecified atom stereocenters. The third-order valence-electron chi connectivity index (χ3n) is 4.72. The largest absolute Gasteiger partial charge is 0.461 e. The van der Waals surface area contributed by atoms with E-state index in [1.807, 2.05) is 27.7 Å². The van der Waals surface area contributed by atoms with Crippen LogP contribution in [0.3, 0.4) is 0 Å². The number of carbonyl (C=O) groups is 2. The van der Waals surface area contributed by atoms with E-state index in [-0.39, 0.29) is 30.4 Å². The molecule has 3 atom stereocenters. The molecule has 140 valence electrons. The lowest BCUT2D eigenvalue weighted by Crippen LogP contribution is -2.45. The van der Waals surface area contributed by atoms with Crippen molar-refractivity contribution in [3.05, 3.63) is 0 Å². The first kappa shape index (κ1) is 21.2. The number of halogens is 1. The minimum absolute atomic E-state index is 0. The Bertz CT molecular complexity index is 416. The van der Waals surface area contributed by atoms with Crippen LogP contribution in [0.15, 0.2) is 0 Å². The van der Waals surface area contributed by atoms with Gasteiger partial charge in [-0.25, -0.2) is 4.79 Å². The molecule has 2 bridgehead atoms. The zero-order valence-corrected chi connectivity index (χ0v) is 16.2. The molecule has 1 amide bonds. The van der Waals surface area contributed by atoms with Crippen LogP contribution in [0, 0.1) is 11.8 Å². The zero-order valence-electron chi connectivity index (χ0n) is 15.3. The molecule has 0 aromatic heterocycles. The van der Waals surface area contributed by atoms with E-state index in [2.05, 4.69) is 10.6 Å². The van der Waals surface area contributed by atoms with Crippen LogP contribution in [0.25, 0.3) is 0 Å². The van der Waals surface area contributed by atoms with Crippen LogP contribution in [0.2, 0.25) is 0 Å². The van der Waals surface area contributed by atoms with E-state index in [0.717, 1.165) is 12.8 Å². The van der Waals surface area contributed by atoms with E-state index in [1.165, 1.54) is 12.8 Å². The first-order valence-electron chi connectivity index (χ1n) is 9.09. The predicted molar refractivity (Wildman–Crippen MR) is 97.1 cm³/mol. The van der Waals surface area contributed by atoms with Gasteiger partial charge >= 0.3 is 5.97 Å². The molecule has 24 heavy (non-hydrogen) atoms. The Hall–Kier alpha value is -0.810. The monoisotopic (exact) mass is 360 g/mol. The van der Waals surface area contributed by atoms with Crippen molar-refractivity contribution >= 4 is 24.3 Å². The topological polar surface area (TPSA) is 67.4 Å². The number of amides is 1. The Kier molecular flexibility index (Phi) is 8.51. The summed E-state index contributed by atoms with van der Waals surface area (Å²) in [6.45, 7) is 7.76. The quantitative estimate of drug-likeness (QED) is 0.685. The van der Waals surface area contributed by atoms with Crippen molar-refractivity contribution in [2.75, 3.05) is 0 Å². The lowest BCUT2D eigenvalue weighted by molar-refractivity contribution is -0.152. The second-order valence-corrected chi connectivity index (χ2v) is 7.91. The van der Waals surface area contributed by atoms with Crippen LogP contribution < -0.4 is 10.6 Å². The van der Waals surface area contributed by atoms with E-state index < -0.39 is 6.04 Å². The molecule has 5 nitrogen and oxygen atoms in total. The first-order chi connectivity index (χ1) is 10.8. The Morgan fingerprint density at radius 1 is 1.12 bits per heavy atom. The standard InChI is InChI=1S/C18H32N2O3.ClH/c1-11(2)7-16(18(22)23-12(3)4)20-17(21)10-13-8-14-5-6-15(9-13)19-14;/h11-16,19H,5-10H2,1-4H3,(H,20,21);1H/t13?,14?,15?,16-;/m0./s1. The molecular weight excluding hydrogens is 328 g/mol. The maximum Gasteiger partial charge on any atom is 0.328 e. The molecule has 0 saturated carbocycles. The van der Waals surface area contributed by atoms with Crippen molar-refractivity contribution in [2.45, 2.75) is 90.4 Å². The van der Waals surface area contributed by atoms with Gasteiger partial charge in [0.15, 0.2) is 0 Å². The first-order valence-corrected chi connectivity index (χ1v) is 9.09. The van der Waals surface area contributed by atoms with Gasteiger partial charge in [-0.3, -0.25) is 4.79 Å². The third-order valence-corrected chi connectivity index (χ3v) is 4.72. The highest BCUT2D eigenvalue weighted by Crippen LogP contribution is 2.32. The summed E-state index contributed by atoms with van der Waals surface area (Å²) >= 11 is 0. The maximum absolute atomic E-state index is 12.4. The molecule has 0 spiro atoms. The SMILES string of the molecule is CC(C)C[C@H](NC(=O)CC1CC2CCC(C1)N2)C(=O)OC(C)C.Cl. The van der Waals surface area contributed by atoms with Crippen molar-refractivity contribution in [1.82, 2.24) is 10.6 Å². The summed E-state index contributed by atoms with van der Waals surface area (Å²) in [7, 11) is 0. The van der Waals surface area contributed by atoms with Crippen LogP contribution >= 0.6 is 12.4 Å². The number of hydrogen-bond donors (Lipinski definition) is 2. The minimum atomic E-state index is -0.525. The molecule has 2 aliphatic rings. The van der Waals surface area contributed by atoms with Gasteiger partial charge in [0.2, 0.25) is 5.91 Å². The number of nitrogens with one attached hydrogen (secondary N) is 2. The van der Waals surface area contributed by atoms with Gasteiger partial charge < -0.3 is 15.4 Å². The lowest BCUT2D eigenvalue weighted by atomic mass is 9.89. The van der Waals surface area contributed by atoms with Crippen LogP contribution in [-0.4, -0.2) is 36.1 Å². The van der Waals surface area contributed by atoms with Gasteiger partial charge in [0.1, 0.15) is 6.04 Å². The van der Waals surface area contributed by atoms with E-state index in [9.17, 15) is 9.59 Å². The van der Waals surface area contributed by atoms with E-state index in [1.54, 1.807) is 0 Å². The summed E-state index contributed by atoms with van der Waals surface area (Å²) in [5, 5.41) is 6.51. The lowest BCUT2D eigenvalue weighted by Gasteiger charge is -2.29. The molecule has 0 aliphatic carbocycles. The van der Waals surface area contributed by atoms with E-state index in [4.69, 9.17) is 4.74 Å². The Morgan fingerprint density at radius 3 is 2.21 bits per heavy atom. The molecule has 2 heterocycles. The molecule has 6 heteroatoms. The van der Waals surface area contributed by atoms with Gasteiger partial charge in [-0.15, -0.1) is 12.4 Å². The average Bonchev–Trinajstić information content (AvgIpc) is 2.75. The molecule has 2 rings (SSSR count). The number of rotatable bonds is 7. The number of piperidine rings is 1. The normalized spacial score (nSPS) is 26.8. The van der Waals surface area contributed by atoms with Crippen LogP contribution in [0.4, 0.5) is 0 Å². The van der Waals surface area contributed by atoms with Gasteiger partial charge in [-0.1, -0.05) is 13.8 Å². The van der Waals surface area contributed by atoms with Gasteiger partial charge in [-0.2, -0.15) is 0 Å². The number of hydrogen-bond acceptors (Lipinski definition) is 4. The molecule has 2 fully saturated rings. The summed E-state index contributed by atoms with van der Waals surface area (Å²) in [5.41, 5.74) is 0. The van der Waals surface area contributed by atoms with Gasteiger partial charge in [0.25, 0.3) is 0 Å². The predicted octanol–water partition coefficient (Wildman–Crippen LogP) is 2.81. The molecular formula is C18H33ClN2O3. The van der Waals surface area contributed by atoms with Crippen molar-refractivity contribution < 1.29 is 14.3 Å². The van der Waals surface area contributed by atoms with E-state index >= 15 is 0 Å². The fourth-order valence-electron chi connectivity index (χ4n) is 3.86. The van der Waals surface area contributed by atoms with Crippen LogP contribution in [0.1, 0.15) is 66.2 Å². The number of carbonyl (C=O) groups excluding carboxylic acids is 2. The summed E-state index contributed by atoms with van der Waals surface area (Å²) in [4.78, 5) is 24.6.